The molecule has 7 nitrogen and oxygen atoms in total. The van der Waals surface area contributed by atoms with E-state index >= 15 is 0 Å². The molecule has 1 fully saturated rings. The van der Waals surface area contributed by atoms with Crippen LogP contribution in [0.4, 0.5) is 5.69 Å². The standard InChI is InChI=1S/C28H31N5O2/c1-28(2,35)21-12-15-33(16-13-21)23-9-6-19(7-10-23)26-24-17-20(8-11-25(24)31-32-26)27(34)30-18-22-5-3-4-14-29-22/h3-11,14,17,21,35H,12-13,15-16,18H2,1-2H3,(H,30,34)(H,31,32). The van der Waals surface area contributed by atoms with Gasteiger partial charge in [0.25, 0.3) is 5.91 Å². The van der Waals surface area contributed by atoms with Gasteiger partial charge in [0.1, 0.15) is 0 Å². The van der Waals surface area contributed by atoms with E-state index in [9.17, 15) is 9.90 Å². The number of pyridine rings is 1. The van der Waals surface area contributed by atoms with E-state index in [1.807, 2.05) is 44.2 Å². The third-order valence-corrected chi connectivity index (χ3v) is 6.98. The van der Waals surface area contributed by atoms with E-state index in [1.165, 1.54) is 5.69 Å². The molecule has 1 amide bonds. The third kappa shape index (κ3) is 5.05. The summed E-state index contributed by atoms with van der Waals surface area (Å²) in [7, 11) is 0. The maximum Gasteiger partial charge on any atom is 0.251 e. The Hall–Kier alpha value is -3.71. The number of amides is 1. The number of hydrogen-bond donors (Lipinski definition) is 3. The minimum atomic E-state index is -0.620. The molecule has 7 heteroatoms. The molecule has 1 aliphatic rings. The Morgan fingerprint density at radius 1 is 1.11 bits per heavy atom. The average Bonchev–Trinajstić information content (AvgIpc) is 3.31. The number of aromatic nitrogens is 3. The van der Waals surface area contributed by atoms with Crippen LogP contribution in [0.1, 0.15) is 42.7 Å². The molecule has 4 aromatic rings. The number of H-pyrrole nitrogens is 1. The second-order valence-corrected chi connectivity index (χ2v) is 9.80. The Kier molecular flexibility index (Phi) is 6.26. The number of benzene rings is 2. The number of nitrogens with one attached hydrogen (secondary N) is 2. The summed E-state index contributed by atoms with van der Waals surface area (Å²) in [4.78, 5) is 19.4. The molecule has 3 heterocycles. The Morgan fingerprint density at radius 2 is 1.89 bits per heavy atom. The van der Waals surface area contributed by atoms with Crippen molar-refractivity contribution in [1.82, 2.24) is 20.5 Å². The maximum atomic E-state index is 12.7. The topological polar surface area (TPSA) is 94.1 Å². The van der Waals surface area contributed by atoms with Crippen molar-refractivity contribution < 1.29 is 9.90 Å². The fourth-order valence-electron chi connectivity index (χ4n) is 4.83. The van der Waals surface area contributed by atoms with Crippen LogP contribution in [0.2, 0.25) is 0 Å². The number of piperidine rings is 1. The van der Waals surface area contributed by atoms with Gasteiger partial charge in [-0.05, 0) is 75.1 Å². The Labute approximate surface area is 205 Å². The lowest BCUT2D eigenvalue weighted by atomic mass is 9.83. The predicted octanol–water partition coefficient (Wildman–Crippen LogP) is 4.54. The quantitative estimate of drug-likeness (QED) is 0.385. The molecule has 0 saturated carbocycles. The van der Waals surface area contributed by atoms with Gasteiger partial charge in [-0.25, -0.2) is 0 Å². The molecule has 35 heavy (non-hydrogen) atoms. The fourth-order valence-corrected chi connectivity index (χ4v) is 4.83. The molecule has 3 N–H and O–H groups in total. The van der Waals surface area contributed by atoms with Crippen molar-refractivity contribution in [2.75, 3.05) is 18.0 Å². The van der Waals surface area contributed by atoms with Crippen molar-refractivity contribution >= 4 is 22.5 Å². The lowest BCUT2D eigenvalue weighted by Crippen LogP contribution is -2.41. The van der Waals surface area contributed by atoms with E-state index in [0.717, 1.165) is 53.8 Å². The van der Waals surface area contributed by atoms with Crippen LogP contribution in [0, 0.1) is 5.92 Å². The van der Waals surface area contributed by atoms with E-state index in [0.29, 0.717) is 18.0 Å². The SMILES string of the molecule is CC(C)(O)C1CCN(c2ccc(-c3n[nH]c4ccc(C(=O)NCc5ccccn5)cc34)cc2)CC1. The Morgan fingerprint density at radius 3 is 2.57 bits per heavy atom. The molecular weight excluding hydrogens is 438 g/mol. The van der Waals surface area contributed by atoms with Crippen molar-refractivity contribution in [3.63, 3.8) is 0 Å². The van der Waals surface area contributed by atoms with Crippen LogP contribution >= 0.6 is 0 Å². The zero-order valence-corrected chi connectivity index (χ0v) is 20.2. The second-order valence-electron chi connectivity index (χ2n) is 9.80. The summed E-state index contributed by atoms with van der Waals surface area (Å²) >= 11 is 0. The fraction of sp³-hybridized carbons (Fsp3) is 0.321. The van der Waals surface area contributed by atoms with Crippen LogP contribution in [0.5, 0.6) is 0 Å². The van der Waals surface area contributed by atoms with Crippen molar-refractivity contribution in [2.45, 2.75) is 38.8 Å². The number of rotatable bonds is 6. The molecule has 0 aliphatic carbocycles. The zero-order chi connectivity index (χ0) is 24.4. The van der Waals surface area contributed by atoms with Gasteiger partial charge in [-0.15, -0.1) is 0 Å². The van der Waals surface area contributed by atoms with Gasteiger partial charge in [0.15, 0.2) is 0 Å². The van der Waals surface area contributed by atoms with Gasteiger partial charge in [0.2, 0.25) is 0 Å². The minimum absolute atomic E-state index is 0.144. The smallest absolute Gasteiger partial charge is 0.251 e. The lowest BCUT2D eigenvalue weighted by molar-refractivity contribution is 0.00651. The summed E-state index contributed by atoms with van der Waals surface area (Å²) in [5, 5.41) is 21.8. The highest BCUT2D eigenvalue weighted by Crippen LogP contribution is 2.32. The first-order valence-corrected chi connectivity index (χ1v) is 12.1. The molecule has 0 unspecified atom stereocenters. The highest BCUT2D eigenvalue weighted by molar-refractivity contribution is 6.01. The number of carbonyl (C=O) groups is 1. The van der Waals surface area contributed by atoms with Gasteiger partial charge in [0, 0.05) is 41.5 Å². The second kappa shape index (κ2) is 9.50. The van der Waals surface area contributed by atoms with Crippen molar-refractivity contribution in [1.29, 1.82) is 0 Å². The first-order valence-electron chi connectivity index (χ1n) is 12.1. The molecule has 0 spiro atoms. The van der Waals surface area contributed by atoms with E-state index in [-0.39, 0.29) is 5.91 Å². The molecule has 1 aliphatic heterocycles. The number of carbonyl (C=O) groups excluding carboxylic acids is 1. The van der Waals surface area contributed by atoms with Gasteiger partial charge in [-0.2, -0.15) is 5.10 Å². The van der Waals surface area contributed by atoms with Gasteiger partial charge < -0.3 is 15.3 Å². The molecular formula is C28H31N5O2. The molecule has 0 bridgehead atoms. The summed E-state index contributed by atoms with van der Waals surface area (Å²) in [5.41, 5.74) is 4.67. The lowest BCUT2D eigenvalue weighted by Gasteiger charge is -2.38. The van der Waals surface area contributed by atoms with Gasteiger partial charge in [-0.1, -0.05) is 18.2 Å². The van der Waals surface area contributed by atoms with E-state index in [2.05, 4.69) is 49.7 Å². The molecule has 5 rings (SSSR count). The molecule has 2 aromatic carbocycles. The number of nitrogens with zero attached hydrogens (tertiary/aromatic N) is 3. The van der Waals surface area contributed by atoms with Crippen LogP contribution < -0.4 is 10.2 Å². The van der Waals surface area contributed by atoms with Crippen LogP contribution in [-0.2, 0) is 6.54 Å². The summed E-state index contributed by atoms with van der Waals surface area (Å²) in [6.45, 7) is 6.08. The van der Waals surface area contributed by atoms with Gasteiger partial charge in [0.05, 0.1) is 29.1 Å². The summed E-state index contributed by atoms with van der Waals surface area (Å²) in [5.74, 6) is 0.193. The molecule has 2 aromatic heterocycles. The van der Waals surface area contributed by atoms with Crippen molar-refractivity contribution in [3.05, 3.63) is 78.1 Å². The number of aliphatic hydroxyl groups is 1. The van der Waals surface area contributed by atoms with Crippen LogP contribution in [0.25, 0.3) is 22.2 Å². The van der Waals surface area contributed by atoms with Crippen LogP contribution in [-0.4, -0.2) is 44.9 Å². The first kappa shape index (κ1) is 23.1. The number of hydrogen-bond acceptors (Lipinski definition) is 5. The highest BCUT2D eigenvalue weighted by Gasteiger charge is 2.30. The third-order valence-electron chi connectivity index (χ3n) is 6.98. The first-order chi connectivity index (χ1) is 16.9. The van der Waals surface area contributed by atoms with E-state index in [4.69, 9.17) is 0 Å². The van der Waals surface area contributed by atoms with Crippen LogP contribution in [0.15, 0.2) is 66.9 Å². The van der Waals surface area contributed by atoms with E-state index in [1.54, 1.807) is 12.3 Å². The Bertz CT molecular complexity index is 1300. The van der Waals surface area contributed by atoms with Gasteiger partial charge >= 0.3 is 0 Å². The predicted molar refractivity (Wildman–Crippen MR) is 138 cm³/mol. The Balaban J connectivity index is 1.30. The molecule has 1 saturated heterocycles. The molecule has 0 atom stereocenters. The zero-order valence-electron chi connectivity index (χ0n) is 20.2. The normalized spacial score (nSPS) is 14.9. The maximum absolute atomic E-state index is 12.7. The monoisotopic (exact) mass is 469 g/mol. The average molecular weight is 470 g/mol. The number of fused-ring (bicyclic) bond motifs is 1. The van der Waals surface area contributed by atoms with Gasteiger partial charge in [-0.3, -0.25) is 14.9 Å². The summed E-state index contributed by atoms with van der Waals surface area (Å²) in [6, 6.07) is 19.7. The minimum Gasteiger partial charge on any atom is -0.390 e. The molecule has 180 valence electrons. The summed E-state index contributed by atoms with van der Waals surface area (Å²) < 4.78 is 0. The van der Waals surface area contributed by atoms with Crippen LogP contribution in [0.3, 0.4) is 0 Å². The van der Waals surface area contributed by atoms with E-state index < -0.39 is 5.60 Å². The summed E-state index contributed by atoms with van der Waals surface area (Å²) in [6.07, 6.45) is 3.69. The number of aromatic amines is 1. The largest absolute Gasteiger partial charge is 0.390 e. The number of anilines is 1. The molecule has 0 radical (unpaired) electrons. The highest BCUT2D eigenvalue weighted by atomic mass is 16.3. The van der Waals surface area contributed by atoms with Crippen molar-refractivity contribution in [2.24, 2.45) is 5.92 Å². The van der Waals surface area contributed by atoms with Crippen molar-refractivity contribution in [3.8, 4) is 11.3 Å².